The summed E-state index contributed by atoms with van der Waals surface area (Å²) in [6.45, 7) is 2.11. The smallest absolute Gasteiger partial charge is 0.176 e. The number of ether oxygens (including phenoxy) is 2. The average Bonchev–Trinajstić information content (AvgIpc) is 3.13. The number of hydrogen-bond donors (Lipinski definition) is 0. The van der Waals surface area contributed by atoms with Crippen molar-refractivity contribution in [2.24, 2.45) is 0 Å². The minimum atomic E-state index is -0.853. The Labute approximate surface area is 172 Å². The first-order chi connectivity index (χ1) is 13.5. The van der Waals surface area contributed by atoms with Crippen molar-refractivity contribution < 1.29 is 23.5 Å². The lowest BCUT2D eigenvalue weighted by atomic mass is 9.96. The number of Topliss-reactive ketones (excluding diaryl/α,β-unsaturated/α-hetero) is 1. The highest BCUT2D eigenvalue weighted by molar-refractivity contribution is 6.36. The Kier molecular flexibility index (Phi) is 6.39. The van der Waals surface area contributed by atoms with Crippen molar-refractivity contribution >= 4 is 46.2 Å². The highest BCUT2D eigenvalue weighted by Crippen LogP contribution is 2.37. The Bertz CT molecular complexity index is 1000. The fourth-order valence-electron chi connectivity index (χ4n) is 3.09. The summed E-state index contributed by atoms with van der Waals surface area (Å²) in [7, 11) is 1.50. The zero-order valence-corrected chi connectivity index (χ0v) is 16.8. The molecule has 0 fully saturated rings. The molecule has 0 aliphatic heterocycles. The van der Waals surface area contributed by atoms with Crippen LogP contribution in [0.25, 0.3) is 11.0 Å². The summed E-state index contributed by atoms with van der Waals surface area (Å²) in [5.74, 6) is 0.237. The van der Waals surface area contributed by atoms with E-state index < -0.39 is 6.10 Å². The first-order valence-corrected chi connectivity index (χ1v) is 9.38. The van der Waals surface area contributed by atoms with Crippen molar-refractivity contribution in [1.82, 2.24) is 0 Å². The Morgan fingerprint density at radius 3 is 2.54 bits per heavy atom. The molecule has 0 saturated carbocycles. The van der Waals surface area contributed by atoms with Gasteiger partial charge in [0.05, 0.1) is 13.4 Å². The summed E-state index contributed by atoms with van der Waals surface area (Å²) < 4.78 is 16.4. The number of furan rings is 1. The van der Waals surface area contributed by atoms with Crippen LogP contribution >= 0.6 is 23.2 Å². The standard InChI is InChI=1S/C21H18Cl2O5/c1-3-27-19(10-24)14-11-28-21-18(26-2)8-7-12(20(14)21)17(25)9-13-15(22)5-4-6-16(13)23/h4-8,10-11,19H,3,9H2,1-2H3. The molecular formula is C21H18Cl2O5. The van der Waals surface area contributed by atoms with Gasteiger partial charge < -0.3 is 18.7 Å². The number of benzene rings is 2. The molecule has 3 aromatic rings. The molecular weight excluding hydrogens is 403 g/mol. The zero-order valence-electron chi connectivity index (χ0n) is 15.3. The summed E-state index contributed by atoms with van der Waals surface area (Å²) in [6.07, 6.45) is 1.24. The van der Waals surface area contributed by atoms with Crippen molar-refractivity contribution in [2.75, 3.05) is 13.7 Å². The van der Waals surface area contributed by atoms with Crippen LogP contribution in [-0.4, -0.2) is 25.8 Å². The fraction of sp³-hybridized carbons (Fsp3) is 0.238. The predicted molar refractivity (Wildman–Crippen MR) is 108 cm³/mol. The van der Waals surface area contributed by atoms with Gasteiger partial charge in [0.2, 0.25) is 0 Å². The van der Waals surface area contributed by atoms with Gasteiger partial charge in [-0.25, -0.2) is 0 Å². The molecule has 1 atom stereocenters. The molecule has 146 valence electrons. The van der Waals surface area contributed by atoms with Crippen molar-refractivity contribution in [3.63, 3.8) is 0 Å². The molecule has 0 N–H and O–H groups in total. The monoisotopic (exact) mass is 420 g/mol. The lowest BCUT2D eigenvalue weighted by Crippen LogP contribution is -2.09. The Hall–Kier alpha value is -2.34. The largest absolute Gasteiger partial charge is 0.493 e. The van der Waals surface area contributed by atoms with Gasteiger partial charge >= 0.3 is 0 Å². The van der Waals surface area contributed by atoms with E-state index in [0.717, 1.165) is 0 Å². The van der Waals surface area contributed by atoms with Crippen molar-refractivity contribution in [3.8, 4) is 5.75 Å². The van der Waals surface area contributed by atoms with Crippen molar-refractivity contribution in [2.45, 2.75) is 19.4 Å². The second-order valence-electron chi connectivity index (χ2n) is 6.02. The number of rotatable bonds is 8. The van der Waals surface area contributed by atoms with E-state index in [1.165, 1.54) is 13.4 Å². The normalized spacial score (nSPS) is 12.1. The molecule has 2 aromatic carbocycles. The molecule has 0 radical (unpaired) electrons. The molecule has 1 unspecified atom stereocenters. The van der Waals surface area contributed by atoms with Gasteiger partial charge in [0.25, 0.3) is 0 Å². The number of methoxy groups -OCH3 is 1. The molecule has 0 aliphatic rings. The van der Waals surface area contributed by atoms with Gasteiger partial charge in [-0.05, 0) is 36.8 Å². The molecule has 1 heterocycles. The van der Waals surface area contributed by atoms with Crippen molar-refractivity contribution in [1.29, 1.82) is 0 Å². The number of aldehydes is 1. The third-order valence-electron chi connectivity index (χ3n) is 4.41. The van der Waals surface area contributed by atoms with E-state index in [2.05, 4.69) is 0 Å². The number of carbonyl (C=O) groups is 2. The highest BCUT2D eigenvalue weighted by atomic mass is 35.5. The summed E-state index contributed by atoms with van der Waals surface area (Å²) in [4.78, 5) is 24.7. The van der Waals surface area contributed by atoms with Gasteiger partial charge in [-0.2, -0.15) is 0 Å². The van der Waals surface area contributed by atoms with E-state index >= 15 is 0 Å². The third kappa shape index (κ3) is 3.78. The van der Waals surface area contributed by atoms with Gasteiger partial charge in [0.15, 0.2) is 23.4 Å². The Morgan fingerprint density at radius 2 is 1.93 bits per heavy atom. The average molecular weight is 421 g/mol. The topological polar surface area (TPSA) is 65.7 Å². The summed E-state index contributed by atoms with van der Waals surface area (Å²) in [6, 6.07) is 8.37. The molecule has 0 spiro atoms. The fourth-order valence-corrected chi connectivity index (χ4v) is 3.62. The van der Waals surface area contributed by atoms with E-state index in [1.807, 2.05) is 0 Å². The molecule has 0 aliphatic carbocycles. The van der Waals surface area contributed by atoms with Crippen LogP contribution in [0, 0.1) is 0 Å². The second-order valence-corrected chi connectivity index (χ2v) is 6.84. The molecule has 3 rings (SSSR count). The van der Waals surface area contributed by atoms with Gasteiger partial charge in [-0.15, -0.1) is 0 Å². The molecule has 1 aromatic heterocycles. The van der Waals surface area contributed by atoms with E-state index in [0.29, 0.717) is 56.3 Å². The Morgan fingerprint density at radius 1 is 1.21 bits per heavy atom. The summed E-state index contributed by atoms with van der Waals surface area (Å²) in [5, 5.41) is 1.31. The number of hydrogen-bond acceptors (Lipinski definition) is 5. The van der Waals surface area contributed by atoms with Crippen LogP contribution in [0.15, 0.2) is 41.0 Å². The first-order valence-electron chi connectivity index (χ1n) is 8.62. The number of halogens is 2. The minimum Gasteiger partial charge on any atom is -0.493 e. The third-order valence-corrected chi connectivity index (χ3v) is 5.12. The first kappa shape index (κ1) is 20.4. The van der Waals surface area contributed by atoms with Crippen molar-refractivity contribution in [3.05, 3.63) is 63.3 Å². The molecule has 28 heavy (non-hydrogen) atoms. The summed E-state index contributed by atoms with van der Waals surface area (Å²) in [5.41, 5.74) is 1.77. The van der Waals surface area contributed by atoms with E-state index in [-0.39, 0.29) is 12.2 Å². The molecule has 0 amide bonds. The maximum Gasteiger partial charge on any atom is 0.176 e. The van der Waals surface area contributed by atoms with Crippen LogP contribution in [0.2, 0.25) is 10.0 Å². The maximum absolute atomic E-state index is 13.1. The Balaban J connectivity index is 2.13. The predicted octanol–water partition coefficient (Wildman–Crippen LogP) is 5.45. The lowest BCUT2D eigenvalue weighted by Gasteiger charge is -2.12. The molecule has 5 nitrogen and oxygen atoms in total. The van der Waals surface area contributed by atoms with Gasteiger partial charge in [-0.1, -0.05) is 29.3 Å². The van der Waals surface area contributed by atoms with Crippen LogP contribution in [0.3, 0.4) is 0 Å². The van der Waals surface area contributed by atoms with Crippen LogP contribution in [0.1, 0.15) is 34.5 Å². The van der Waals surface area contributed by atoms with Crippen LogP contribution < -0.4 is 4.74 Å². The van der Waals surface area contributed by atoms with Gasteiger partial charge in [0.1, 0.15) is 6.10 Å². The van der Waals surface area contributed by atoms with E-state index in [9.17, 15) is 9.59 Å². The number of carbonyl (C=O) groups excluding carboxylic acids is 2. The van der Waals surface area contributed by atoms with E-state index in [4.69, 9.17) is 37.1 Å². The van der Waals surface area contributed by atoms with E-state index in [1.54, 1.807) is 37.3 Å². The zero-order chi connectivity index (χ0) is 20.3. The van der Waals surface area contributed by atoms with Crippen LogP contribution in [-0.2, 0) is 16.0 Å². The molecule has 7 heteroatoms. The number of fused-ring (bicyclic) bond motifs is 1. The molecule has 0 saturated heterocycles. The SMILES string of the molecule is CCOC(C=O)c1coc2c(OC)ccc(C(=O)Cc3c(Cl)cccc3Cl)c12. The molecule has 0 bridgehead atoms. The lowest BCUT2D eigenvalue weighted by molar-refractivity contribution is -0.118. The van der Waals surface area contributed by atoms with Crippen LogP contribution in [0.4, 0.5) is 0 Å². The highest BCUT2D eigenvalue weighted by Gasteiger charge is 2.25. The number of ketones is 1. The minimum absolute atomic E-state index is 0.00491. The summed E-state index contributed by atoms with van der Waals surface area (Å²) >= 11 is 12.4. The van der Waals surface area contributed by atoms with Gasteiger partial charge in [0, 0.05) is 39.6 Å². The van der Waals surface area contributed by atoms with Crippen LogP contribution in [0.5, 0.6) is 5.75 Å². The second kappa shape index (κ2) is 8.78. The quantitative estimate of drug-likeness (QED) is 0.358. The maximum atomic E-state index is 13.1. The van der Waals surface area contributed by atoms with Gasteiger partial charge in [-0.3, -0.25) is 4.79 Å².